The first-order chi connectivity index (χ1) is 8.15. The number of Topliss-reactive ketones (excluding diaryl/α,β-unsaturated/α-hetero) is 1. The lowest BCUT2D eigenvalue weighted by Gasteiger charge is -1.99. The number of hydrogen-bond donors (Lipinski definition) is 0. The monoisotopic (exact) mass is 338 g/mol. The summed E-state index contributed by atoms with van der Waals surface area (Å²) in [6.07, 6.45) is 7.77. The van der Waals surface area contributed by atoms with Gasteiger partial charge in [0.05, 0.1) is 0 Å². The maximum atomic E-state index is 12.0. The van der Waals surface area contributed by atoms with Gasteiger partial charge in [0.2, 0.25) is 0 Å². The third-order valence-electron chi connectivity index (χ3n) is 2.21. The predicted octanol–water partition coefficient (Wildman–Crippen LogP) is 4.71. The summed E-state index contributed by atoms with van der Waals surface area (Å²) in [5, 5.41) is 0. The van der Waals surface area contributed by atoms with Crippen LogP contribution in [0.25, 0.3) is 0 Å². The van der Waals surface area contributed by atoms with Crippen LogP contribution in [-0.2, 0) is 0 Å². The minimum atomic E-state index is 0.0755. The van der Waals surface area contributed by atoms with Crippen LogP contribution in [0.3, 0.4) is 0 Å². The molecule has 0 atom stereocenters. The van der Waals surface area contributed by atoms with Crippen LogP contribution in [0.4, 0.5) is 0 Å². The first kappa shape index (κ1) is 13.9. The molecular weight excluding hydrogens is 323 g/mol. The van der Waals surface area contributed by atoms with E-state index in [0.29, 0.717) is 0 Å². The van der Waals surface area contributed by atoms with Gasteiger partial charge in [0, 0.05) is 9.14 Å². The first-order valence-corrected chi connectivity index (χ1v) is 6.49. The third kappa shape index (κ3) is 4.69. The van der Waals surface area contributed by atoms with Crippen LogP contribution in [0.5, 0.6) is 0 Å². The lowest BCUT2D eigenvalue weighted by atomic mass is 10.0. The SMILES string of the molecule is C\C=C/C(I)=C\C=C(/C)C(=O)c1ccccc1. The van der Waals surface area contributed by atoms with Crippen molar-refractivity contribution in [1.29, 1.82) is 0 Å². The Labute approximate surface area is 116 Å². The third-order valence-corrected chi connectivity index (χ3v) is 2.93. The summed E-state index contributed by atoms with van der Waals surface area (Å²) >= 11 is 2.23. The fraction of sp³-hybridized carbons (Fsp3) is 0.133. The minimum absolute atomic E-state index is 0.0755. The fourth-order valence-electron chi connectivity index (χ4n) is 1.31. The van der Waals surface area contributed by atoms with Gasteiger partial charge in [-0.1, -0.05) is 48.6 Å². The Balaban J connectivity index is 2.84. The highest BCUT2D eigenvalue weighted by molar-refractivity contribution is 14.1. The van der Waals surface area contributed by atoms with Gasteiger partial charge in [0.15, 0.2) is 5.78 Å². The van der Waals surface area contributed by atoms with Crippen LogP contribution in [0, 0.1) is 0 Å². The normalized spacial score (nSPS) is 13.1. The van der Waals surface area contributed by atoms with Crippen molar-refractivity contribution in [3.63, 3.8) is 0 Å². The van der Waals surface area contributed by atoms with E-state index < -0.39 is 0 Å². The maximum absolute atomic E-state index is 12.0. The Kier molecular flexibility index (Phi) is 5.91. The summed E-state index contributed by atoms with van der Waals surface area (Å²) in [5.74, 6) is 0.0755. The predicted molar refractivity (Wildman–Crippen MR) is 81.4 cm³/mol. The summed E-state index contributed by atoms with van der Waals surface area (Å²) in [5.41, 5.74) is 1.48. The Morgan fingerprint density at radius 2 is 1.82 bits per heavy atom. The molecule has 1 aromatic carbocycles. The van der Waals surface area contributed by atoms with E-state index in [1.807, 2.05) is 68.5 Å². The molecule has 17 heavy (non-hydrogen) atoms. The van der Waals surface area contributed by atoms with Gasteiger partial charge in [-0.2, -0.15) is 0 Å². The molecule has 0 aromatic heterocycles. The van der Waals surface area contributed by atoms with Gasteiger partial charge in [0.1, 0.15) is 0 Å². The molecule has 0 radical (unpaired) electrons. The Morgan fingerprint density at radius 3 is 2.41 bits per heavy atom. The van der Waals surface area contributed by atoms with Gasteiger partial charge in [-0.3, -0.25) is 4.79 Å². The summed E-state index contributed by atoms with van der Waals surface area (Å²) in [6.45, 7) is 3.81. The molecule has 1 rings (SSSR count). The maximum Gasteiger partial charge on any atom is 0.188 e. The summed E-state index contributed by atoms with van der Waals surface area (Å²) < 4.78 is 1.10. The van der Waals surface area contributed by atoms with Gasteiger partial charge in [-0.15, -0.1) is 0 Å². The van der Waals surface area contributed by atoms with E-state index in [1.165, 1.54) is 0 Å². The average Bonchev–Trinajstić information content (AvgIpc) is 2.36. The molecule has 0 heterocycles. The number of carbonyl (C=O) groups is 1. The van der Waals surface area contributed by atoms with Crippen LogP contribution in [-0.4, -0.2) is 5.78 Å². The standard InChI is InChI=1S/C15H15IO/c1-3-7-14(16)11-10-12(2)15(17)13-8-5-4-6-9-13/h3-11H,1-2H3/b7-3-,12-10+,14-11+. The number of halogens is 1. The smallest absolute Gasteiger partial charge is 0.188 e. The molecule has 0 unspecified atom stereocenters. The minimum Gasteiger partial charge on any atom is -0.289 e. The van der Waals surface area contributed by atoms with E-state index >= 15 is 0 Å². The lowest BCUT2D eigenvalue weighted by molar-refractivity contribution is 0.103. The number of rotatable bonds is 4. The van der Waals surface area contributed by atoms with Crippen LogP contribution < -0.4 is 0 Å². The molecule has 0 saturated heterocycles. The number of ketones is 1. The van der Waals surface area contributed by atoms with Crippen molar-refractivity contribution in [2.45, 2.75) is 13.8 Å². The highest BCUT2D eigenvalue weighted by Gasteiger charge is 2.05. The van der Waals surface area contributed by atoms with Gasteiger partial charge in [-0.05, 0) is 48.1 Å². The quantitative estimate of drug-likeness (QED) is 0.336. The number of hydrogen-bond acceptors (Lipinski definition) is 1. The summed E-state index contributed by atoms with van der Waals surface area (Å²) in [7, 11) is 0. The fourth-order valence-corrected chi connectivity index (χ4v) is 1.85. The highest BCUT2D eigenvalue weighted by Crippen LogP contribution is 2.11. The molecule has 0 saturated carbocycles. The van der Waals surface area contributed by atoms with Gasteiger partial charge in [-0.25, -0.2) is 0 Å². The average molecular weight is 338 g/mol. The molecule has 0 spiro atoms. The van der Waals surface area contributed by atoms with E-state index in [1.54, 1.807) is 0 Å². The topological polar surface area (TPSA) is 17.1 Å². The van der Waals surface area contributed by atoms with Gasteiger partial charge >= 0.3 is 0 Å². The van der Waals surface area contributed by atoms with Crippen LogP contribution in [0.1, 0.15) is 24.2 Å². The summed E-state index contributed by atoms with van der Waals surface area (Å²) in [6, 6.07) is 9.32. The molecule has 88 valence electrons. The van der Waals surface area contributed by atoms with Crippen LogP contribution >= 0.6 is 22.6 Å². The molecular formula is C15H15IO. The molecule has 1 aromatic rings. The van der Waals surface area contributed by atoms with Crippen molar-refractivity contribution in [3.8, 4) is 0 Å². The van der Waals surface area contributed by atoms with Crippen molar-refractivity contribution >= 4 is 28.4 Å². The molecule has 0 N–H and O–H groups in total. The highest BCUT2D eigenvalue weighted by atomic mass is 127. The number of benzene rings is 1. The van der Waals surface area contributed by atoms with Crippen LogP contribution in [0.15, 0.2) is 63.8 Å². The van der Waals surface area contributed by atoms with E-state index in [9.17, 15) is 4.79 Å². The molecule has 0 amide bonds. The first-order valence-electron chi connectivity index (χ1n) is 5.41. The molecule has 0 fully saturated rings. The molecule has 0 bridgehead atoms. The molecule has 0 aliphatic rings. The van der Waals surface area contributed by atoms with Crippen molar-refractivity contribution < 1.29 is 4.79 Å². The van der Waals surface area contributed by atoms with Crippen LogP contribution in [0.2, 0.25) is 0 Å². The van der Waals surface area contributed by atoms with E-state index in [2.05, 4.69) is 22.6 Å². The zero-order valence-corrected chi connectivity index (χ0v) is 12.1. The largest absolute Gasteiger partial charge is 0.289 e. The van der Waals surface area contributed by atoms with Gasteiger partial charge < -0.3 is 0 Å². The Morgan fingerprint density at radius 1 is 1.18 bits per heavy atom. The zero-order chi connectivity index (χ0) is 12.7. The van der Waals surface area contributed by atoms with Crippen molar-refractivity contribution in [3.05, 3.63) is 69.4 Å². The molecule has 2 heteroatoms. The second kappa shape index (κ2) is 7.22. The lowest BCUT2D eigenvalue weighted by Crippen LogP contribution is -1.99. The molecule has 0 aliphatic heterocycles. The second-order valence-corrected chi connectivity index (χ2v) is 4.84. The Bertz CT molecular complexity index is 467. The van der Waals surface area contributed by atoms with E-state index in [-0.39, 0.29) is 5.78 Å². The number of allylic oxidation sites excluding steroid dienone is 6. The van der Waals surface area contributed by atoms with E-state index in [4.69, 9.17) is 0 Å². The molecule has 0 aliphatic carbocycles. The van der Waals surface area contributed by atoms with Crippen molar-refractivity contribution in [2.24, 2.45) is 0 Å². The molecule has 1 nitrogen and oxygen atoms in total. The zero-order valence-electron chi connectivity index (χ0n) is 9.98. The van der Waals surface area contributed by atoms with E-state index in [0.717, 1.165) is 14.7 Å². The van der Waals surface area contributed by atoms with Crippen molar-refractivity contribution in [1.82, 2.24) is 0 Å². The summed E-state index contributed by atoms with van der Waals surface area (Å²) in [4.78, 5) is 12.0. The number of carbonyl (C=O) groups excluding carboxylic acids is 1. The Hall–Kier alpha value is -1.16. The second-order valence-electron chi connectivity index (χ2n) is 3.60. The van der Waals surface area contributed by atoms with Gasteiger partial charge in [0.25, 0.3) is 0 Å². The van der Waals surface area contributed by atoms with Crippen molar-refractivity contribution in [2.75, 3.05) is 0 Å².